The fourth-order valence-corrected chi connectivity index (χ4v) is 2.90. The number of anilines is 2. The Hall–Kier alpha value is -1.86. The molecule has 0 saturated heterocycles. The summed E-state index contributed by atoms with van der Waals surface area (Å²) in [6.45, 7) is 0. The van der Waals surface area contributed by atoms with E-state index in [4.69, 9.17) is 11.6 Å². The summed E-state index contributed by atoms with van der Waals surface area (Å²) < 4.78 is 38.1. The SMILES string of the molecule is FC(F)(F)c1ccc(Nc2nc3cccc(Cl)c3s2)cn1. The number of rotatable bonds is 2. The molecule has 108 valence electrons. The van der Waals surface area contributed by atoms with E-state index < -0.39 is 11.9 Å². The van der Waals surface area contributed by atoms with E-state index in [1.54, 1.807) is 12.1 Å². The lowest BCUT2D eigenvalue weighted by molar-refractivity contribution is -0.141. The van der Waals surface area contributed by atoms with Crippen LogP contribution in [0.4, 0.5) is 24.0 Å². The number of nitrogens with zero attached hydrogens (tertiary/aromatic N) is 2. The molecule has 21 heavy (non-hydrogen) atoms. The number of alkyl halides is 3. The van der Waals surface area contributed by atoms with Crippen molar-refractivity contribution >= 4 is 44.0 Å². The van der Waals surface area contributed by atoms with Gasteiger partial charge in [0.05, 0.1) is 27.1 Å². The Labute approximate surface area is 126 Å². The molecule has 3 aromatic rings. The molecular formula is C13H7ClF3N3S. The summed E-state index contributed by atoms with van der Waals surface area (Å²) in [6, 6.07) is 7.58. The largest absolute Gasteiger partial charge is 0.433 e. The van der Waals surface area contributed by atoms with Crippen molar-refractivity contribution in [3.05, 3.63) is 47.2 Å². The lowest BCUT2D eigenvalue weighted by atomic mass is 10.3. The van der Waals surface area contributed by atoms with Gasteiger partial charge in [0.15, 0.2) is 5.13 Å². The number of nitrogens with one attached hydrogen (secondary N) is 1. The second-order valence-electron chi connectivity index (χ2n) is 4.16. The molecule has 2 heterocycles. The van der Waals surface area contributed by atoms with Crippen LogP contribution in [0.3, 0.4) is 0 Å². The molecule has 8 heteroatoms. The Bertz CT molecular complexity index is 783. The van der Waals surface area contributed by atoms with Crippen LogP contribution < -0.4 is 5.32 Å². The molecule has 2 aromatic heterocycles. The van der Waals surface area contributed by atoms with Crippen molar-refractivity contribution in [1.82, 2.24) is 9.97 Å². The van der Waals surface area contributed by atoms with Crippen LogP contribution >= 0.6 is 22.9 Å². The zero-order chi connectivity index (χ0) is 15.0. The van der Waals surface area contributed by atoms with Crippen LogP contribution in [0, 0.1) is 0 Å². The third-order valence-electron chi connectivity index (χ3n) is 2.67. The van der Waals surface area contributed by atoms with E-state index in [-0.39, 0.29) is 0 Å². The molecule has 3 nitrogen and oxygen atoms in total. The molecule has 0 amide bonds. The summed E-state index contributed by atoms with van der Waals surface area (Å²) in [6.07, 6.45) is -3.32. The Morgan fingerprint density at radius 3 is 2.57 bits per heavy atom. The second kappa shape index (κ2) is 5.16. The zero-order valence-corrected chi connectivity index (χ0v) is 11.9. The molecule has 1 aromatic carbocycles. The second-order valence-corrected chi connectivity index (χ2v) is 5.57. The highest BCUT2D eigenvalue weighted by Gasteiger charge is 2.32. The highest BCUT2D eigenvalue weighted by molar-refractivity contribution is 7.22. The van der Waals surface area contributed by atoms with Gasteiger partial charge in [0, 0.05) is 0 Å². The molecule has 3 rings (SSSR count). The first kappa shape index (κ1) is 14.1. The minimum absolute atomic E-state index is 0.429. The van der Waals surface area contributed by atoms with Crippen LogP contribution in [-0.2, 0) is 6.18 Å². The number of fused-ring (bicyclic) bond motifs is 1. The number of aromatic nitrogens is 2. The minimum Gasteiger partial charge on any atom is -0.330 e. The molecule has 0 atom stereocenters. The van der Waals surface area contributed by atoms with E-state index in [2.05, 4.69) is 15.3 Å². The standard InChI is InChI=1S/C13H7ClF3N3S/c14-8-2-1-3-9-11(8)21-12(20-9)19-7-4-5-10(18-6-7)13(15,16)17/h1-6H,(H,19,20). The summed E-state index contributed by atoms with van der Waals surface area (Å²) in [5.74, 6) is 0. The molecule has 0 radical (unpaired) electrons. The van der Waals surface area contributed by atoms with E-state index in [0.29, 0.717) is 15.8 Å². The zero-order valence-electron chi connectivity index (χ0n) is 10.3. The normalized spacial score (nSPS) is 11.8. The predicted octanol–water partition coefficient (Wildman–Crippen LogP) is 5.11. The number of benzene rings is 1. The highest BCUT2D eigenvalue weighted by Crippen LogP contribution is 2.33. The summed E-state index contributed by atoms with van der Waals surface area (Å²) >= 11 is 7.37. The van der Waals surface area contributed by atoms with Gasteiger partial charge in [-0.2, -0.15) is 13.2 Å². The van der Waals surface area contributed by atoms with Gasteiger partial charge in [0.1, 0.15) is 5.69 Å². The van der Waals surface area contributed by atoms with Crippen molar-refractivity contribution in [2.75, 3.05) is 5.32 Å². The summed E-state index contributed by atoms with van der Waals surface area (Å²) in [5, 5.41) is 4.05. The van der Waals surface area contributed by atoms with Crippen LogP contribution in [0.1, 0.15) is 5.69 Å². The fraction of sp³-hybridized carbons (Fsp3) is 0.0769. The van der Waals surface area contributed by atoms with Gasteiger partial charge in [-0.3, -0.25) is 0 Å². The third-order valence-corrected chi connectivity index (χ3v) is 4.12. The average Bonchev–Trinajstić information content (AvgIpc) is 2.82. The fourth-order valence-electron chi connectivity index (χ4n) is 1.73. The molecule has 0 unspecified atom stereocenters. The van der Waals surface area contributed by atoms with Crippen molar-refractivity contribution in [2.45, 2.75) is 6.18 Å². The molecule has 0 aliphatic carbocycles. The Kier molecular flexibility index (Phi) is 3.46. The van der Waals surface area contributed by atoms with E-state index >= 15 is 0 Å². The molecule has 0 spiro atoms. The maximum Gasteiger partial charge on any atom is 0.433 e. The van der Waals surface area contributed by atoms with Gasteiger partial charge in [0.25, 0.3) is 0 Å². The Balaban J connectivity index is 1.87. The van der Waals surface area contributed by atoms with Crippen molar-refractivity contribution < 1.29 is 13.2 Å². The lowest BCUT2D eigenvalue weighted by Gasteiger charge is -2.06. The number of pyridine rings is 1. The van der Waals surface area contributed by atoms with Crippen LogP contribution in [-0.4, -0.2) is 9.97 Å². The number of hydrogen-bond acceptors (Lipinski definition) is 4. The van der Waals surface area contributed by atoms with Gasteiger partial charge in [-0.15, -0.1) is 0 Å². The molecule has 0 aliphatic rings. The molecule has 0 saturated carbocycles. The highest BCUT2D eigenvalue weighted by atomic mass is 35.5. The first-order valence-electron chi connectivity index (χ1n) is 5.79. The van der Waals surface area contributed by atoms with E-state index in [9.17, 15) is 13.2 Å². The van der Waals surface area contributed by atoms with Crippen molar-refractivity contribution in [3.63, 3.8) is 0 Å². The van der Waals surface area contributed by atoms with Gasteiger partial charge in [0.2, 0.25) is 0 Å². The van der Waals surface area contributed by atoms with Crippen LogP contribution in [0.25, 0.3) is 10.2 Å². The minimum atomic E-state index is -4.44. The average molecular weight is 330 g/mol. The van der Waals surface area contributed by atoms with E-state index in [0.717, 1.165) is 22.5 Å². The number of hydrogen-bond donors (Lipinski definition) is 1. The maximum atomic E-state index is 12.4. The Morgan fingerprint density at radius 1 is 1.14 bits per heavy atom. The van der Waals surface area contributed by atoms with Gasteiger partial charge in [-0.05, 0) is 24.3 Å². The number of thiazole rings is 1. The van der Waals surface area contributed by atoms with E-state index in [1.165, 1.54) is 17.4 Å². The van der Waals surface area contributed by atoms with Crippen LogP contribution in [0.15, 0.2) is 36.5 Å². The van der Waals surface area contributed by atoms with Gasteiger partial charge in [-0.25, -0.2) is 9.97 Å². The van der Waals surface area contributed by atoms with Crippen molar-refractivity contribution in [3.8, 4) is 0 Å². The first-order valence-corrected chi connectivity index (χ1v) is 6.98. The van der Waals surface area contributed by atoms with Crippen molar-refractivity contribution in [2.24, 2.45) is 0 Å². The first-order chi connectivity index (χ1) is 9.93. The Morgan fingerprint density at radius 2 is 1.95 bits per heavy atom. The molecule has 1 N–H and O–H groups in total. The van der Waals surface area contributed by atoms with Gasteiger partial charge < -0.3 is 5.32 Å². The predicted molar refractivity (Wildman–Crippen MR) is 77.2 cm³/mol. The number of halogens is 4. The maximum absolute atomic E-state index is 12.4. The van der Waals surface area contributed by atoms with Gasteiger partial charge >= 0.3 is 6.18 Å². The lowest BCUT2D eigenvalue weighted by Crippen LogP contribution is -2.07. The molecule has 0 aliphatic heterocycles. The monoisotopic (exact) mass is 329 g/mol. The summed E-state index contributed by atoms with van der Waals surface area (Å²) in [4.78, 5) is 7.69. The molecular weight excluding hydrogens is 323 g/mol. The van der Waals surface area contributed by atoms with Crippen LogP contribution in [0.2, 0.25) is 5.02 Å². The summed E-state index contributed by atoms with van der Waals surface area (Å²) in [5.41, 5.74) is 0.230. The smallest absolute Gasteiger partial charge is 0.330 e. The molecule has 0 bridgehead atoms. The third kappa shape index (κ3) is 2.93. The quantitative estimate of drug-likeness (QED) is 0.710. The molecule has 0 fully saturated rings. The topological polar surface area (TPSA) is 37.8 Å². The van der Waals surface area contributed by atoms with E-state index in [1.807, 2.05) is 6.07 Å². The van der Waals surface area contributed by atoms with Crippen LogP contribution in [0.5, 0.6) is 0 Å². The van der Waals surface area contributed by atoms with Crippen molar-refractivity contribution in [1.29, 1.82) is 0 Å². The van der Waals surface area contributed by atoms with Gasteiger partial charge in [-0.1, -0.05) is 29.0 Å². The summed E-state index contributed by atoms with van der Waals surface area (Å²) in [7, 11) is 0.